The van der Waals surface area contributed by atoms with Crippen molar-refractivity contribution in [2.24, 2.45) is 0 Å². The molecule has 0 fully saturated rings. The Morgan fingerprint density at radius 3 is 3.07 bits per heavy atom. The molecule has 1 aliphatic rings. The van der Waals surface area contributed by atoms with Crippen molar-refractivity contribution in [3.8, 4) is 0 Å². The van der Waals surface area contributed by atoms with E-state index in [0.29, 0.717) is 0 Å². The highest BCUT2D eigenvalue weighted by molar-refractivity contribution is 5.61. The molecule has 0 saturated heterocycles. The van der Waals surface area contributed by atoms with E-state index in [1.807, 2.05) is 11.6 Å². The maximum atomic E-state index is 4.05. The molecule has 0 unspecified atom stereocenters. The van der Waals surface area contributed by atoms with Crippen molar-refractivity contribution >= 4 is 5.57 Å². The summed E-state index contributed by atoms with van der Waals surface area (Å²) in [5, 5.41) is 11.7. The summed E-state index contributed by atoms with van der Waals surface area (Å²) in [5.41, 5.74) is 1.24. The van der Waals surface area contributed by atoms with Gasteiger partial charge in [-0.3, -0.25) is 0 Å². The molecule has 1 aromatic rings. The van der Waals surface area contributed by atoms with Crippen LogP contribution in [0, 0.1) is 0 Å². The first-order valence-electron chi connectivity index (χ1n) is 4.95. The molecule has 0 aromatic carbocycles. The van der Waals surface area contributed by atoms with Gasteiger partial charge in [-0.15, -0.1) is 5.10 Å². The van der Waals surface area contributed by atoms with Crippen LogP contribution < -0.4 is 0 Å². The van der Waals surface area contributed by atoms with Gasteiger partial charge in [-0.1, -0.05) is 6.08 Å². The molecule has 0 saturated carbocycles. The van der Waals surface area contributed by atoms with Crippen LogP contribution in [0.1, 0.15) is 19.2 Å². The van der Waals surface area contributed by atoms with E-state index in [9.17, 15) is 0 Å². The molecule has 0 spiro atoms. The van der Waals surface area contributed by atoms with Crippen LogP contribution in [0.5, 0.6) is 0 Å². The smallest absolute Gasteiger partial charge is 0.178 e. The van der Waals surface area contributed by atoms with Gasteiger partial charge in [-0.2, -0.15) is 0 Å². The topological polar surface area (TPSA) is 46.8 Å². The Labute approximate surface area is 83.4 Å². The lowest BCUT2D eigenvalue weighted by Crippen LogP contribution is -2.26. The lowest BCUT2D eigenvalue weighted by molar-refractivity contribution is 0.371. The first kappa shape index (κ1) is 9.33. The van der Waals surface area contributed by atoms with Crippen LogP contribution in [0.4, 0.5) is 0 Å². The standard InChI is InChI=1S/C9H15N5/c1-3-14-9(10-11-12-14)8-5-4-6-13(2)7-8/h5H,3-4,6-7H2,1-2H3. The summed E-state index contributed by atoms with van der Waals surface area (Å²) in [6.07, 6.45) is 3.32. The minimum atomic E-state index is 0.823. The van der Waals surface area contributed by atoms with Gasteiger partial charge in [0, 0.05) is 25.2 Å². The first-order valence-corrected chi connectivity index (χ1v) is 4.95. The molecule has 5 heteroatoms. The third-order valence-corrected chi connectivity index (χ3v) is 2.46. The highest BCUT2D eigenvalue weighted by atomic mass is 15.5. The molecule has 2 heterocycles. The Hall–Kier alpha value is -1.23. The summed E-state index contributed by atoms with van der Waals surface area (Å²) in [4.78, 5) is 2.28. The third kappa shape index (κ3) is 1.68. The second-order valence-corrected chi connectivity index (χ2v) is 3.57. The van der Waals surface area contributed by atoms with Crippen molar-refractivity contribution in [3.63, 3.8) is 0 Å². The molecule has 0 atom stereocenters. The van der Waals surface area contributed by atoms with Crippen LogP contribution in [0.3, 0.4) is 0 Å². The summed E-state index contributed by atoms with van der Waals surface area (Å²) in [7, 11) is 2.12. The normalized spacial score (nSPS) is 18.3. The summed E-state index contributed by atoms with van der Waals surface area (Å²) in [5.74, 6) is 0.916. The van der Waals surface area contributed by atoms with Crippen molar-refractivity contribution in [2.75, 3.05) is 20.1 Å². The van der Waals surface area contributed by atoms with E-state index in [0.717, 1.165) is 31.9 Å². The van der Waals surface area contributed by atoms with Crippen LogP contribution in [0.25, 0.3) is 5.57 Å². The third-order valence-electron chi connectivity index (χ3n) is 2.46. The number of tetrazole rings is 1. The van der Waals surface area contributed by atoms with E-state index in [1.165, 1.54) is 5.57 Å². The largest absolute Gasteiger partial charge is 0.302 e. The number of rotatable bonds is 2. The highest BCUT2D eigenvalue weighted by Crippen LogP contribution is 2.16. The fourth-order valence-corrected chi connectivity index (χ4v) is 1.70. The minimum absolute atomic E-state index is 0.823. The zero-order valence-corrected chi connectivity index (χ0v) is 8.64. The van der Waals surface area contributed by atoms with Gasteiger partial charge in [-0.25, -0.2) is 4.68 Å². The molecule has 76 valence electrons. The number of hydrogen-bond donors (Lipinski definition) is 0. The van der Waals surface area contributed by atoms with Crippen molar-refractivity contribution in [2.45, 2.75) is 19.9 Å². The molecule has 1 aliphatic heterocycles. The lowest BCUT2D eigenvalue weighted by atomic mass is 10.1. The van der Waals surface area contributed by atoms with E-state index in [-0.39, 0.29) is 0 Å². The summed E-state index contributed by atoms with van der Waals surface area (Å²) >= 11 is 0. The van der Waals surface area contributed by atoms with Crippen molar-refractivity contribution < 1.29 is 0 Å². The molecular formula is C9H15N5. The molecule has 0 radical (unpaired) electrons. The van der Waals surface area contributed by atoms with Crippen LogP contribution in [0.2, 0.25) is 0 Å². The van der Waals surface area contributed by atoms with E-state index in [1.54, 1.807) is 0 Å². The molecule has 0 N–H and O–H groups in total. The van der Waals surface area contributed by atoms with E-state index < -0.39 is 0 Å². The van der Waals surface area contributed by atoms with E-state index in [2.05, 4.69) is 33.5 Å². The Morgan fingerprint density at radius 1 is 1.50 bits per heavy atom. The number of aromatic nitrogens is 4. The molecule has 14 heavy (non-hydrogen) atoms. The van der Waals surface area contributed by atoms with Gasteiger partial charge in [0.25, 0.3) is 0 Å². The van der Waals surface area contributed by atoms with Gasteiger partial charge in [0.1, 0.15) is 0 Å². The summed E-state index contributed by atoms with van der Waals surface area (Å²) in [6, 6.07) is 0. The Bertz CT molecular complexity index is 341. The Morgan fingerprint density at radius 2 is 2.36 bits per heavy atom. The highest BCUT2D eigenvalue weighted by Gasteiger charge is 2.15. The van der Waals surface area contributed by atoms with Gasteiger partial charge in [0.15, 0.2) is 5.82 Å². The maximum Gasteiger partial charge on any atom is 0.178 e. The number of likely N-dealkylation sites (N-methyl/N-ethyl adjacent to an activating group) is 1. The lowest BCUT2D eigenvalue weighted by Gasteiger charge is -2.21. The van der Waals surface area contributed by atoms with Gasteiger partial charge in [0.05, 0.1) is 0 Å². The predicted molar refractivity (Wildman–Crippen MR) is 53.6 cm³/mol. The SMILES string of the molecule is CCn1nnnc1C1=CCCN(C)C1. The maximum absolute atomic E-state index is 4.05. The Kier molecular flexibility index (Phi) is 2.58. The number of hydrogen-bond acceptors (Lipinski definition) is 4. The zero-order chi connectivity index (χ0) is 9.97. The number of aryl methyl sites for hydroxylation is 1. The van der Waals surface area contributed by atoms with Gasteiger partial charge in [-0.05, 0) is 30.8 Å². The molecule has 0 bridgehead atoms. The molecule has 2 rings (SSSR count). The second-order valence-electron chi connectivity index (χ2n) is 3.57. The molecule has 0 amide bonds. The van der Waals surface area contributed by atoms with Crippen LogP contribution in [-0.4, -0.2) is 45.2 Å². The van der Waals surface area contributed by atoms with E-state index in [4.69, 9.17) is 0 Å². The van der Waals surface area contributed by atoms with Gasteiger partial charge in [0.2, 0.25) is 0 Å². The molecule has 5 nitrogen and oxygen atoms in total. The van der Waals surface area contributed by atoms with Gasteiger partial charge >= 0.3 is 0 Å². The fourth-order valence-electron chi connectivity index (χ4n) is 1.70. The predicted octanol–water partition coefficient (Wildman–Crippen LogP) is 0.412. The summed E-state index contributed by atoms with van der Waals surface area (Å²) in [6.45, 7) is 4.94. The van der Waals surface area contributed by atoms with Crippen molar-refractivity contribution in [1.82, 2.24) is 25.1 Å². The summed E-state index contributed by atoms with van der Waals surface area (Å²) < 4.78 is 1.84. The van der Waals surface area contributed by atoms with E-state index >= 15 is 0 Å². The molecular weight excluding hydrogens is 178 g/mol. The molecule has 0 aliphatic carbocycles. The quantitative estimate of drug-likeness (QED) is 0.682. The monoisotopic (exact) mass is 193 g/mol. The average molecular weight is 193 g/mol. The fraction of sp³-hybridized carbons (Fsp3) is 0.667. The van der Waals surface area contributed by atoms with Crippen LogP contribution >= 0.6 is 0 Å². The van der Waals surface area contributed by atoms with Crippen molar-refractivity contribution in [3.05, 3.63) is 11.9 Å². The second kappa shape index (κ2) is 3.88. The molecule has 1 aromatic heterocycles. The number of nitrogens with zero attached hydrogens (tertiary/aromatic N) is 5. The van der Waals surface area contributed by atoms with Crippen LogP contribution in [-0.2, 0) is 6.54 Å². The van der Waals surface area contributed by atoms with Crippen LogP contribution in [0.15, 0.2) is 6.08 Å². The van der Waals surface area contributed by atoms with Crippen molar-refractivity contribution in [1.29, 1.82) is 0 Å². The Balaban J connectivity index is 2.26. The zero-order valence-electron chi connectivity index (χ0n) is 8.64. The minimum Gasteiger partial charge on any atom is -0.302 e. The van der Waals surface area contributed by atoms with Gasteiger partial charge < -0.3 is 4.90 Å². The average Bonchev–Trinajstić information content (AvgIpc) is 2.65. The first-order chi connectivity index (χ1) is 6.81.